The van der Waals surface area contributed by atoms with Crippen molar-refractivity contribution in [3.63, 3.8) is 0 Å². The zero-order valence-corrected chi connectivity index (χ0v) is 32.9. The molecule has 14 heteroatoms. The summed E-state index contributed by atoms with van der Waals surface area (Å²) in [5.74, 6) is -2.03. The van der Waals surface area contributed by atoms with Crippen LogP contribution < -0.4 is 9.47 Å². The molecule has 0 amide bonds. The molecule has 2 saturated heterocycles. The molecule has 0 bridgehead atoms. The third-order valence-electron chi connectivity index (χ3n) is 10.2. The van der Waals surface area contributed by atoms with Gasteiger partial charge in [0.2, 0.25) is 12.4 Å². The summed E-state index contributed by atoms with van der Waals surface area (Å²) in [5.41, 5.74) is 4.70. The van der Waals surface area contributed by atoms with Crippen molar-refractivity contribution in [3.05, 3.63) is 77.9 Å². The van der Waals surface area contributed by atoms with E-state index in [0.717, 1.165) is 86.6 Å². The van der Waals surface area contributed by atoms with Crippen LogP contribution in [0.25, 0.3) is 22.2 Å². The van der Waals surface area contributed by atoms with E-state index in [2.05, 4.69) is 21.6 Å². The summed E-state index contributed by atoms with van der Waals surface area (Å²) in [5, 5.41) is 11.3. The van der Waals surface area contributed by atoms with Gasteiger partial charge in [-0.1, -0.05) is 25.0 Å². The van der Waals surface area contributed by atoms with E-state index in [9.17, 15) is 24.3 Å². The molecule has 0 unspecified atom stereocenters. The van der Waals surface area contributed by atoms with Gasteiger partial charge in [0.05, 0.1) is 12.8 Å². The van der Waals surface area contributed by atoms with E-state index in [4.69, 9.17) is 33.2 Å². The number of ether oxygens (including phenoxy) is 7. The smallest absolute Gasteiger partial charge is 0.339 e. The van der Waals surface area contributed by atoms with E-state index in [-0.39, 0.29) is 11.5 Å². The van der Waals surface area contributed by atoms with Gasteiger partial charge in [0.25, 0.3) is 0 Å². The summed E-state index contributed by atoms with van der Waals surface area (Å²) in [4.78, 5) is 51.8. The summed E-state index contributed by atoms with van der Waals surface area (Å²) >= 11 is 0. The minimum absolute atomic E-state index is 0.155. The summed E-state index contributed by atoms with van der Waals surface area (Å²) in [6.07, 6.45) is -2.40. The highest BCUT2D eigenvalue weighted by molar-refractivity contribution is 5.92. The molecule has 4 aromatic rings. The predicted molar refractivity (Wildman–Crippen MR) is 208 cm³/mol. The first-order valence-corrected chi connectivity index (χ1v) is 19.2. The Balaban J connectivity index is 1.25. The highest BCUT2D eigenvalue weighted by Crippen LogP contribution is 2.37. The van der Waals surface area contributed by atoms with Crippen LogP contribution in [0.15, 0.2) is 66.7 Å². The maximum atomic E-state index is 12.9. The second-order valence-corrected chi connectivity index (χ2v) is 14.3. The van der Waals surface area contributed by atoms with E-state index in [1.807, 2.05) is 37.3 Å². The molecule has 0 spiro atoms. The zero-order chi connectivity index (χ0) is 40.6. The number of hydrogen-bond donors (Lipinski definition) is 1. The Kier molecular flexibility index (Phi) is 13.4. The molecule has 3 heterocycles. The maximum absolute atomic E-state index is 12.9. The van der Waals surface area contributed by atoms with E-state index < -0.39 is 54.6 Å². The molecule has 0 saturated carbocycles. The maximum Gasteiger partial charge on any atom is 0.339 e. The number of likely N-dealkylation sites (tertiary alicyclic amines) is 1. The molecule has 0 radical (unpaired) electrons. The van der Waals surface area contributed by atoms with Gasteiger partial charge in [0.15, 0.2) is 18.3 Å². The normalized spacial score (nSPS) is 21.2. The van der Waals surface area contributed by atoms with Crippen LogP contribution in [-0.4, -0.2) is 103 Å². The highest BCUT2D eigenvalue weighted by atomic mass is 16.7. The van der Waals surface area contributed by atoms with Crippen LogP contribution in [0.2, 0.25) is 0 Å². The lowest BCUT2D eigenvalue weighted by Crippen LogP contribution is -2.64. The topological polar surface area (TPSA) is 161 Å². The fraction of sp³-hybridized carbons (Fsp3) is 0.442. The Bertz CT molecular complexity index is 2040. The number of aromatic nitrogens is 1. The fourth-order valence-corrected chi connectivity index (χ4v) is 7.57. The summed E-state index contributed by atoms with van der Waals surface area (Å²) in [6, 6.07) is 20.5. The number of methoxy groups -OCH3 is 1. The number of nitrogens with zero attached hydrogens (tertiary/aromatic N) is 2. The Labute approximate surface area is 331 Å². The minimum Gasteiger partial charge on any atom is -0.508 e. The van der Waals surface area contributed by atoms with Gasteiger partial charge in [-0.15, -0.1) is 0 Å². The number of carbonyl (C=O) groups excluding carboxylic acids is 4. The first kappa shape index (κ1) is 41.0. The minimum atomic E-state index is -1.58. The molecule has 0 aliphatic carbocycles. The van der Waals surface area contributed by atoms with E-state index in [0.29, 0.717) is 13.2 Å². The predicted octanol–water partition coefficient (Wildman–Crippen LogP) is 5.70. The van der Waals surface area contributed by atoms with Gasteiger partial charge in [-0.05, 0) is 104 Å². The highest BCUT2D eigenvalue weighted by Gasteiger charge is 2.55. The van der Waals surface area contributed by atoms with Gasteiger partial charge in [0, 0.05) is 44.8 Å². The molecule has 5 atom stereocenters. The number of phenolic OH excluding ortho intramolecular Hbond substituents is 1. The average Bonchev–Trinajstić information content (AvgIpc) is 3.30. The first-order valence-electron chi connectivity index (χ1n) is 19.2. The SMILES string of the molecule is COC(=O)[C@@H]1O[C@H](Oc2ccc(-c3c(C)c4cc(O)ccc4n3Cc3ccc(OCCN4CCCCCC4)cc3)cc2)[C@@H](OC(C)=O)[C@H](OC(C)=O)[C@H]1OC(C)=O. The molecule has 3 aromatic carbocycles. The van der Waals surface area contributed by atoms with Gasteiger partial charge in [-0.3, -0.25) is 19.3 Å². The van der Waals surface area contributed by atoms with Gasteiger partial charge < -0.3 is 42.8 Å². The number of aryl methyl sites for hydroxylation is 1. The Morgan fingerprint density at radius 1 is 0.772 bits per heavy atom. The van der Waals surface area contributed by atoms with Crippen molar-refractivity contribution >= 4 is 34.8 Å². The van der Waals surface area contributed by atoms with Crippen LogP contribution in [0.5, 0.6) is 17.2 Å². The summed E-state index contributed by atoms with van der Waals surface area (Å²) in [7, 11) is 1.12. The molecule has 6 rings (SSSR count). The number of carbonyl (C=O) groups is 4. The molecule has 1 N–H and O–H groups in total. The molecule has 2 fully saturated rings. The van der Waals surface area contributed by atoms with Gasteiger partial charge >= 0.3 is 23.9 Å². The Morgan fingerprint density at radius 3 is 2.02 bits per heavy atom. The molecular formula is C43H50N2O12. The van der Waals surface area contributed by atoms with Crippen LogP contribution in [0.3, 0.4) is 0 Å². The van der Waals surface area contributed by atoms with Crippen LogP contribution in [0, 0.1) is 6.92 Å². The Hall–Kier alpha value is -5.60. The van der Waals surface area contributed by atoms with Crippen LogP contribution in [0.1, 0.15) is 57.6 Å². The number of fused-ring (bicyclic) bond motifs is 1. The van der Waals surface area contributed by atoms with Crippen molar-refractivity contribution in [2.24, 2.45) is 0 Å². The number of aromatic hydroxyl groups is 1. The Morgan fingerprint density at radius 2 is 1.39 bits per heavy atom. The summed E-state index contributed by atoms with van der Waals surface area (Å²) in [6.45, 7) is 9.72. The van der Waals surface area contributed by atoms with Crippen LogP contribution in [0.4, 0.5) is 0 Å². The fourth-order valence-electron chi connectivity index (χ4n) is 7.57. The standard InChI is InChI=1S/C43H50N2O12/c1-26-35-24-32(49)14-19-36(35)45(25-30-10-15-33(16-11-30)52-23-22-44-20-8-6-7-9-21-44)37(26)31-12-17-34(18-13-31)56-43-41(55-29(4)48)39(54-28(3)47)38(53-27(2)46)40(57-43)42(50)51-5/h10-19,24,38-41,43,49H,6-9,20-23,25H2,1-5H3/t38-,39-,40-,41+,43+/m1/s1. The number of rotatable bonds is 13. The van der Waals surface area contributed by atoms with Crippen molar-refractivity contribution in [1.82, 2.24) is 9.47 Å². The molecule has 57 heavy (non-hydrogen) atoms. The molecule has 2 aliphatic heterocycles. The van der Waals surface area contributed by atoms with Crippen molar-refractivity contribution in [1.29, 1.82) is 0 Å². The molecule has 14 nitrogen and oxygen atoms in total. The van der Waals surface area contributed by atoms with E-state index >= 15 is 0 Å². The van der Waals surface area contributed by atoms with Crippen LogP contribution >= 0.6 is 0 Å². The van der Waals surface area contributed by atoms with Crippen LogP contribution in [-0.2, 0) is 49.4 Å². The summed E-state index contributed by atoms with van der Waals surface area (Å²) < 4.78 is 41.6. The molecule has 2 aliphatic rings. The monoisotopic (exact) mass is 786 g/mol. The average molecular weight is 787 g/mol. The number of benzene rings is 3. The lowest BCUT2D eigenvalue weighted by atomic mass is 9.97. The third kappa shape index (κ3) is 10.0. The van der Waals surface area contributed by atoms with Crippen molar-refractivity contribution in [2.75, 3.05) is 33.4 Å². The zero-order valence-electron chi connectivity index (χ0n) is 32.9. The van der Waals surface area contributed by atoms with Crippen molar-refractivity contribution in [3.8, 4) is 28.5 Å². The van der Waals surface area contributed by atoms with Crippen molar-refractivity contribution in [2.45, 2.75) is 90.6 Å². The number of esters is 4. The number of hydrogen-bond acceptors (Lipinski definition) is 13. The lowest BCUT2D eigenvalue weighted by Gasteiger charge is -2.43. The van der Waals surface area contributed by atoms with Gasteiger partial charge in [0.1, 0.15) is 23.9 Å². The number of phenols is 1. The van der Waals surface area contributed by atoms with E-state index in [1.165, 1.54) is 25.7 Å². The second-order valence-electron chi connectivity index (χ2n) is 14.3. The first-order chi connectivity index (χ1) is 27.4. The van der Waals surface area contributed by atoms with E-state index in [1.54, 1.807) is 24.3 Å². The van der Waals surface area contributed by atoms with Gasteiger partial charge in [-0.25, -0.2) is 4.79 Å². The largest absolute Gasteiger partial charge is 0.508 e. The molecule has 1 aromatic heterocycles. The molecule has 304 valence electrons. The second kappa shape index (κ2) is 18.6. The molecular weight excluding hydrogens is 736 g/mol. The quantitative estimate of drug-likeness (QED) is 0.130. The van der Waals surface area contributed by atoms with Crippen molar-refractivity contribution < 1.29 is 57.4 Å². The third-order valence-corrected chi connectivity index (χ3v) is 10.2. The van der Waals surface area contributed by atoms with Gasteiger partial charge in [-0.2, -0.15) is 0 Å². The lowest BCUT2D eigenvalue weighted by molar-refractivity contribution is -0.282.